The van der Waals surface area contributed by atoms with Crippen LogP contribution < -0.4 is 5.32 Å². The molecular formula is C20H21ClN2O2. The normalized spacial score (nSPS) is 14.2. The van der Waals surface area contributed by atoms with Crippen molar-refractivity contribution in [1.29, 1.82) is 0 Å². The van der Waals surface area contributed by atoms with Crippen LogP contribution in [-0.4, -0.2) is 29.8 Å². The van der Waals surface area contributed by atoms with Crippen LogP contribution in [0.25, 0.3) is 0 Å². The first-order valence-corrected chi connectivity index (χ1v) is 8.94. The molecule has 3 rings (SSSR count). The Bertz CT molecular complexity index is 770. The lowest BCUT2D eigenvalue weighted by Crippen LogP contribution is -2.36. The molecule has 2 aromatic rings. The molecular weight excluding hydrogens is 336 g/mol. The Kier molecular flexibility index (Phi) is 5.71. The van der Waals surface area contributed by atoms with Crippen LogP contribution in [0.5, 0.6) is 0 Å². The van der Waals surface area contributed by atoms with Gasteiger partial charge in [-0.2, -0.15) is 0 Å². The number of amides is 2. The number of rotatable bonds is 4. The fourth-order valence-corrected chi connectivity index (χ4v) is 3.29. The Morgan fingerprint density at radius 2 is 1.76 bits per heavy atom. The van der Waals surface area contributed by atoms with Crippen molar-refractivity contribution in [1.82, 2.24) is 4.90 Å². The van der Waals surface area contributed by atoms with Crippen LogP contribution >= 0.6 is 11.6 Å². The molecule has 1 fully saturated rings. The second-order valence-corrected chi connectivity index (χ2v) is 6.69. The average Bonchev–Trinajstić information content (AvgIpc) is 2.62. The molecule has 1 aliphatic rings. The van der Waals surface area contributed by atoms with Gasteiger partial charge in [0.2, 0.25) is 5.91 Å². The Balaban J connectivity index is 1.72. The van der Waals surface area contributed by atoms with E-state index in [9.17, 15) is 9.59 Å². The summed E-state index contributed by atoms with van der Waals surface area (Å²) in [6, 6.07) is 14.4. The van der Waals surface area contributed by atoms with Crippen LogP contribution in [0.3, 0.4) is 0 Å². The predicted octanol–water partition coefficient (Wildman–Crippen LogP) is 4.15. The predicted molar refractivity (Wildman–Crippen MR) is 100.0 cm³/mol. The van der Waals surface area contributed by atoms with Gasteiger partial charge in [0.25, 0.3) is 5.91 Å². The number of hydrogen-bond acceptors (Lipinski definition) is 2. The lowest BCUT2D eigenvalue weighted by atomic mass is 10.1. The smallest absolute Gasteiger partial charge is 0.255 e. The van der Waals surface area contributed by atoms with Crippen molar-refractivity contribution in [3.05, 3.63) is 64.7 Å². The lowest BCUT2D eigenvalue weighted by Gasteiger charge is -2.27. The maximum absolute atomic E-state index is 12.8. The maximum atomic E-state index is 12.8. The largest absolute Gasteiger partial charge is 0.339 e. The van der Waals surface area contributed by atoms with Gasteiger partial charge in [0, 0.05) is 18.1 Å². The van der Waals surface area contributed by atoms with Gasteiger partial charge in [-0.3, -0.25) is 9.59 Å². The number of piperidine rings is 1. The van der Waals surface area contributed by atoms with Crippen molar-refractivity contribution in [2.45, 2.75) is 25.7 Å². The zero-order chi connectivity index (χ0) is 17.6. The second kappa shape index (κ2) is 8.17. The fraction of sp³-hybridized carbons (Fsp3) is 0.300. The van der Waals surface area contributed by atoms with Crippen molar-refractivity contribution in [3.8, 4) is 0 Å². The van der Waals surface area contributed by atoms with Crippen molar-refractivity contribution >= 4 is 29.1 Å². The van der Waals surface area contributed by atoms with Gasteiger partial charge in [-0.05, 0) is 49.1 Å². The Hall–Kier alpha value is -2.33. The van der Waals surface area contributed by atoms with Gasteiger partial charge < -0.3 is 10.2 Å². The number of para-hydroxylation sites is 1. The molecule has 5 heteroatoms. The molecule has 25 heavy (non-hydrogen) atoms. The maximum Gasteiger partial charge on any atom is 0.255 e. The Labute approximate surface area is 152 Å². The van der Waals surface area contributed by atoms with E-state index in [1.807, 2.05) is 29.2 Å². The monoisotopic (exact) mass is 356 g/mol. The molecule has 2 amide bonds. The topological polar surface area (TPSA) is 49.4 Å². The molecule has 4 nitrogen and oxygen atoms in total. The van der Waals surface area contributed by atoms with Gasteiger partial charge in [0.1, 0.15) is 0 Å². The van der Waals surface area contributed by atoms with E-state index in [-0.39, 0.29) is 18.2 Å². The average molecular weight is 357 g/mol. The van der Waals surface area contributed by atoms with E-state index in [0.717, 1.165) is 31.5 Å². The standard InChI is InChI=1S/C20H21ClN2O2/c21-16-8-6-7-15(13-16)14-19(24)22-18-10-3-2-9-17(18)20(25)23-11-4-1-5-12-23/h2-3,6-10,13H,1,4-5,11-12,14H2,(H,22,24). The summed E-state index contributed by atoms with van der Waals surface area (Å²) in [6.45, 7) is 1.56. The summed E-state index contributed by atoms with van der Waals surface area (Å²) in [5.41, 5.74) is 1.94. The van der Waals surface area contributed by atoms with E-state index in [0.29, 0.717) is 16.3 Å². The molecule has 0 spiro atoms. The highest BCUT2D eigenvalue weighted by molar-refractivity contribution is 6.30. The minimum Gasteiger partial charge on any atom is -0.339 e. The highest BCUT2D eigenvalue weighted by Crippen LogP contribution is 2.20. The summed E-state index contributed by atoms with van der Waals surface area (Å²) in [4.78, 5) is 27.0. The second-order valence-electron chi connectivity index (χ2n) is 6.25. The van der Waals surface area contributed by atoms with E-state index in [1.54, 1.807) is 24.3 Å². The van der Waals surface area contributed by atoms with Crippen molar-refractivity contribution < 1.29 is 9.59 Å². The quantitative estimate of drug-likeness (QED) is 0.894. The van der Waals surface area contributed by atoms with Gasteiger partial charge in [-0.25, -0.2) is 0 Å². The van der Waals surface area contributed by atoms with Crippen molar-refractivity contribution in [2.75, 3.05) is 18.4 Å². The van der Waals surface area contributed by atoms with E-state index >= 15 is 0 Å². The molecule has 130 valence electrons. The molecule has 1 heterocycles. The summed E-state index contributed by atoms with van der Waals surface area (Å²) >= 11 is 5.96. The van der Waals surface area contributed by atoms with E-state index in [2.05, 4.69) is 5.32 Å². The number of anilines is 1. The number of benzene rings is 2. The van der Waals surface area contributed by atoms with Crippen molar-refractivity contribution in [3.63, 3.8) is 0 Å². The zero-order valence-corrected chi connectivity index (χ0v) is 14.8. The zero-order valence-electron chi connectivity index (χ0n) is 14.0. The van der Waals surface area contributed by atoms with Gasteiger partial charge in [-0.1, -0.05) is 35.9 Å². The first kappa shape index (κ1) is 17.5. The number of nitrogens with one attached hydrogen (secondary N) is 1. The summed E-state index contributed by atoms with van der Waals surface area (Å²) in [5.74, 6) is -0.181. The molecule has 1 aliphatic heterocycles. The Morgan fingerprint density at radius 3 is 2.52 bits per heavy atom. The number of nitrogens with zero attached hydrogens (tertiary/aromatic N) is 1. The van der Waals surface area contributed by atoms with Crippen LogP contribution in [0, 0.1) is 0 Å². The molecule has 0 radical (unpaired) electrons. The summed E-state index contributed by atoms with van der Waals surface area (Å²) in [5, 5.41) is 3.47. The van der Waals surface area contributed by atoms with Gasteiger partial charge in [0.15, 0.2) is 0 Å². The molecule has 0 aromatic heterocycles. The first-order valence-electron chi connectivity index (χ1n) is 8.56. The number of halogens is 1. The number of carbonyl (C=O) groups excluding carboxylic acids is 2. The summed E-state index contributed by atoms with van der Waals surface area (Å²) in [6.07, 6.45) is 3.46. The van der Waals surface area contributed by atoms with E-state index in [1.165, 1.54) is 6.42 Å². The lowest BCUT2D eigenvalue weighted by molar-refractivity contribution is -0.115. The van der Waals surface area contributed by atoms with Gasteiger partial charge >= 0.3 is 0 Å². The van der Waals surface area contributed by atoms with Crippen LogP contribution in [-0.2, 0) is 11.2 Å². The molecule has 1 saturated heterocycles. The fourth-order valence-electron chi connectivity index (χ4n) is 3.07. The molecule has 0 bridgehead atoms. The van der Waals surface area contributed by atoms with Gasteiger partial charge in [-0.15, -0.1) is 0 Å². The molecule has 0 saturated carbocycles. The van der Waals surface area contributed by atoms with E-state index < -0.39 is 0 Å². The van der Waals surface area contributed by atoms with Crippen LogP contribution in [0.2, 0.25) is 5.02 Å². The molecule has 2 aromatic carbocycles. The SMILES string of the molecule is O=C(Cc1cccc(Cl)c1)Nc1ccccc1C(=O)N1CCCCC1. The van der Waals surface area contributed by atoms with Crippen molar-refractivity contribution in [2.24, 2.45) is 0 Å². The molecule has 0 atom stereocenters. The number of hydrogen-bond donors (Lipinski definition) is 1. The van der Waals surface area contributed by atoms with Crippen LogP contribution in [0.1, 0.15) is 35.2 Å². The molecule has 0 unspecified atom stereocenters. The number of likely N-dealkylation sites (tertiary alicyclic amines) is 1. The molecule has 0 aliphatic carbocycles. The first-order chi connectivity index (χ1) is 12.1. The minimum absolute atomic E-state index is 0.0154. The minimum atomic E-state index is -0.166. The summed E-state index contributed by atoms with van der Waals surface area (Å²) < 4.78 is 0. The third-order valence-electron chi connectivity index (χ3n) is 4.33. The summed E-state index contributed by atoms with van der Waals surface area (Å²) in [7, 11) is 0. The third-order valence-corrected chi connectivity index (χ3v) is 4.56. The third kappa shape index (κ3) is 4.60. The van der Waals surface area contributed by atoms with E-state index in [4.69, 9.17) is 11.6 Å². The molecule has 1 N–H and O–H groups in total. The Morgan fingerprint density at radius 1 is 1.00 bits per heavy atom. The highest BCUT2D eigenvalue weighted by atomic mass is 35.5. The van der Waals surface area contributed by atoms with Crippen LogP contribution in [0.4, 0.5) is 5.69 Å². The van der Waals surface area contributed by atoms with Gasteiger partial charge in [0.05, 0.1) is 17.7 Å². The number of carbonyl (C=O) groups is 2. The highest BCUT2D eigenvalue weighted by Gasteiger charge is 2.21. The van der Waals surface area contributed by atoms with Crippen LogP contribution in [0.15, 0.2) is 48.5 Å².